The van der Waals surface area contributed by atoms with Crippen molar-refractivity contribution in [1.82, 2.24) is 15.2 Å². The van der Waals surface area contributed by atoms with E-state index in [1.807, 2.05) is 4.90 Å². The third-order valence-corrected chi connectivity index (χ3v) is 5.96. The number of nitrogens with one attached hydrogen (secondary N) is 1. The zero-order chi connectivity index (χ0) is 17.4. The molecule has 2 aliphatic heterocycles. The third kappa shape index (κ3) is 3.15. The van der Waals surface area contributed by atoms with Crippen LogP contribution in [0.2, 0.25) is 0 Å². The Morgan fingerprint density at radius 2 is 2.24 bits per heavy atom. The van der Waals surface area contributed by atoms with Gasteiger partial charge in [-0.15, -0.1) is 0 Å². The van der Waals surface area contributed by atoms with E-state index in [9.17, 15) is 9.59 Å². The van der Waals surface area contributed by atoms with Gasteiger partial charge >= 0.3 is 0 Å². The highest BCUT2D eigenvalue weighted by Crippen LogP contribution is 2.45. The second kappa shape index (κ2) is 6.41. The lowest BCUT2D eigenvalue weighted by Crippen LogP contribution is -2.66. The number of carbonyl (C=O) groups excluding carboxylic acids is 2. The molecule has 2 saturated heterocycles. The van der Waals surface area contributed by atoms with Crippen LogP contribution in [-0.2, 0) is 9.53 Å². The van der Waals surface area contributed by atoms with Crippen molar-refractivity contribution in [1.29, 1.82) is 0 Å². The normalized spacial score (nSPS) is 29.3. The fourth-order valence-corrected chi connectivity index (χ4v) is 4.16. The van der Waals surface area contributed by atoms with Crippen molar-refractivity contribution in [3.63, 3.8) is 0 Å². The highest BCUT2D eigenvalue weighted by Gasteiger charge is 2.56. The first-order valence-corrected chi connectivity index (χ1v) is 9.20. The van der Waals surface area contributed by atoms with E-state index < -0.39 is 0 Å². The monoisotopic (exact) mass is 343 g/mol. The van der Waals surface area contributed by atoms with Gasteiger partial charge in [-0.3, -0.25) is 14.6 Å². The van der Waals surface area contributed by atoms with Gasteiger partial charge in [0.15, 0.2) is 0 Å². The number of hydrogen-bond acceptors (Lipinski definition) is 4. The van der Waals surface area contributed by atoms with Crippen molar-refractivity contribution >= 4 is 11.8 Å². The maximum absolute atomic E-state index is 12.3. The lowest BCUT2D eigenvalue weighted by atomic mass is 9.78. The van der Waals surface area contributed by atoms with E-state index in [2.05, 4.69) is 17.2 Å². The first kappa shape index (κ1) is 16.5. The van der Waals surface area contributed by atoms with E-state index in [1.165, 1.54) is 0 Å². The van der Waals surface area contributed by atoms with E-state index in [0.29, 0.717) is 29.9 Å². The summed E-state index contributed by atoms with van der Waals surface area (Å²) in [4.78, 5) is 30.3. The molecule has 134 valence electrons. The number of likely N-dealkylation sites (tertiary alicyclic amines) is 1. The summed E-state index contributed by atoms with van der Waals surface area (Å²) in [5, 5.41) is 2.96. The van der Waals surface area contributed by atoms with Crippen LogP contribution >= 0.6 is 0 Å². The predicted molar refractivity (Wildman–Crippen MR) is 91.8 cm³/mol. The molecule has 3 heterocycles. The van der Waals surface area contributed by atoms with E-state index in [0.717, 1.165) is 39.0 Å². The van der Waals surface area contributed by atoms with Crippen LogP contribution in [0.5, 0.6) is 0 Å². The number of ether oxygens (including phenoxy) is 1. The molecule has 3 fully saturated rings. The number of aromatic nitrogens is 1. The van der Waals surface area contributed by atoms with E-state index in [4.69, 9.17) is 4.74 Å². The number of amides is 2. The molecule has 0 radical (unpaired) electrons. The molecule has 1 spiro atoms. The van der Waals surface area contributed by atoms with Crippen molar-refractivity contribution in [2.24, 2.45) is 17.8 Å². The van der Waals surface area contributed by atoms with Gasteiger partial charge in [0.25, 0.3) is 5.91 Å². The number of rotatable bonds is 5. The average molecular weight is 343 g/mol. The average Bonchev–Trinajstić information content (AvgIpc) is 3.17. The Hall–Kier alpha value is -1.95. The van der Waals surface area contributed by atoms with E-state index >= 15 is 0 Å². The van der Waals surface area contributed by atoms with Crippen molar-refractivity contribution in [3.05, 3.63) is 30.1 Å². The Balaban J connectivity index is 1.25. The zero-order valence-electron chi connectivity index (χ0n) is 14.6. The van der Waals surface area contributed by atoms with Gasteiger partial charge in [-0.05, 0) is 43.2 Å². The van der Waals surface area contributed by atoms with Gasteiger partial charge in [-0.2, -0.15) is 0 Å². The number of hydrogen-bond donors (Lipinski definition) is 1. The van der Waals surface area contributed by atoms with Crippen LogP contribution in [0.25, 0.3) is 0 Å². The molecule has 0 bridgehead atoms. The topological polar surface area (TPSA) is 71.5 Å². The first-order chi connectivity index (χ1) is 12.1. The van der Waals surface area contributed by atoms with Gasteiger partial charge in [-0.25, -0.2) is 0 Å². The molecule has 0 unspecified atom stereocenters. The molecule has 1 aromatic heterocycles. The molecule has 1 aliphatic carbocycles. The summed E-state index contributed by atoms with van der Waals surface area (Å²) in [7, 11) is 0. The minimum absolute atomic E-state index is 0.0887. The first-order valence-electron chi connectivity index (χ1n) is 9.20. The fraction of sp³-hybridized carbons (Fsp3) is 0.632. The van der Waals surface area contributed by atoms with Gasteiger partial charge in [0.1, 0.15) is 5.60 Å². The largest absolute Gasteiger partial charge is 0.371 e. The molecule has 4 rings (SSSR count). The molecule has 6 nitrogen and oxygen atoms in total. The lowest BCUT2D eigenvalue weighted by molar-refractivity contribution is -0.166. The summed E-state index contributed by atoms with van der Waals surface area (Å²) in [6, 6.07) is 3.52. The van der Waals surface area contributed by atoms with Crippen LogP contribution < -0.4 is 5.32 Å². The second-order valence-electron chi connectivity index (χ2n) is 7.70. The SMILES string of the molecule is C[C@@H]1C[C@H]1C(=O)N1CC2(C1)OCC[C@H]2CCNC(=O)c1cccnc1. The van der Waals surface area contributed by atoms with Crippen LogP contribution in [0, 0.1) is 17.8 Å². The van der Waals surface area contributed by atoms with Crippen molar-refractivity contribution in [2.45, 2.75) is 31.8 Å². The summed E-state index contributed by atoms with van der Waals surface area (Å²) >= 11 is 0. The molecular weight excluding hydrogens is 318 g/mol. The summed E-state index contributed by atoms with van der Waals surface area (Å²) in [6.07, 6.45) is 6.15. The number of carbonyl (C=O) groups is 2. The Bertz CT molecular complexity index is 657. The van der Waals surface area contributed by atoms with E-state index in [-0.39, 0.29) is 17.4 Å². The van der Waals surface area contributed by atoms with Crippen LogP contribution in [0.4, 0.5) is 0 Å². The van der Waals surface area contributed by atoms with Gasteiger partial charge < -0.3 is 15.0 Å². The molecule has 1 N–H and O–H groups in total. The number of pyridine rings is 1. The second-order valence-corrected chi connectivity index (χ2v) is 7.70. The predicted octanol–water partition coefficient (Wildman–Crippen LogP) is 1.47. The molecular formula is C19H25N3O3. The summed E-state index contributed by atoms with van der Waals surface area (Å²) in [5.74, 6) is 1.41. The minimum Gasteiger partial charge on any atom is -0.371 e. The standard InChI is InChI=1S/C19H25N3O3/c1-13-9-16(13)18(24)22-11-19(12-22)15(5-8-25-19)4-7-21-17(23)14-3-2-6-20-10-14/h2-3,6,10,13,15-16H,4-5,7-9,11-12H2,1H3,(H,21,23)/t13-,15-,16-/m1/s1. The van der Waals surface area contributed by atoms with Gasteiger partial charge in [0, 0.05) is 31.5 Å². The smallest absolute Gasteiger partial charge is 0.252 e. The third-order valence-electron chi connectivity index (χ3n) is 5.96. The Morgan fingerprint density at radius 3 is 2.92 bits per heavy atom. The zero-order valence-corrected chi connectivity index (χ0v) is 14.6. The van der Waals surface area contributed by atoms with Gasteiger partial charge in [-0.1, -0.05) is 6.92 Å². The van der Waals surface area contributed by atoms with E-state index in [1.54, 1.807) is 24.5 Å². The molecule has 6 heteroatoms. The molecule has 3 atom stereocenters. The molecule has 1 aromatic rings. The summed E-state index contributed by atoms with van der Waals surface area (Å²) < 4.78 is 6.02. The van der Waals surface area contributed by atoms with Crippen LogP contribution in [0.15, 0.2) is 24.5 Å². The summed E-state index contributed by atoms with van der Waals surface area (Å²) in [6.45, 7) is 4.95. The quantitative estimate of drug-likeness (QED) is 0.879. The van der Waals surface area contributed by atoms with Crippen LogP contribution in [-0.4, -0.2) is 53.5 Å². The van der Waals surface area contributed by atoms with Gasteiger partial charge in [0.2, 0.25) is 5.91 Å². The van der Waals surface area contributed by atoms with Crippen molar-refractivity contribution < 1.29 is 14.3 Å². The highest BCUT2D eigenvalue weighted by molar-refractivity contribution is 5.93. The molecule has 0 aromatic carbocycles. The Kier molecular flexibility index (Phi) is 4.23. The molecule has 2 amide bonds. The number of nitrogens with zero attached hydrogens (tertiary/aromatic N) is 2. The highest BCUT2D eigenvalue weighted by atomic mass is 16.5. The Morgan fingerprint density at radius 1 is 1.44 bits per heavy atom. The molecule has 1 saturated carbocycles. The maximum atomic E-state index is 12.3. The fourth-order valence-electron chi connectivity index (χ4n) is 4.16. The lowest BCUT2D eigenvalue weighted by Gasteiger charge is -2.50. The summed E-state index contributed by atoms with van der Waals surface area (Å²) in [5.41, 5.74) is 0.408. The van der Waals surface area contributed by atoms with Crippen LogP contribution in [0.3, 0.4) is 0 Å². The Labute approximate surface area is 147 Å². The van der Waals surface area contributed by atoms with Crippen molar-refractivity contribution in [3.8, 4) is 0 Å². The van der Waals surface area contributed by atoms with Gasteiger partial charge in [0.05, 0.1) is 18.7 Å². The molecule has 25 heavy (non-hydrogen) atoms. The molecule has 3 aliphatic rings. The van der Waals surface area contributed by atoms with Crippen molar-refractivity contribution in [2.75, 3.05) is 26.2 Å². The minimum atomic E-state index is -0.174. The maximum Gasteiger partial charge on any atom is 0.252 e. The van der Waals surface area contributed by atoms with Crippen LogP contribution in [0.1, 0.15) is 36.5 Å².